The molecule has 0 atom stereocenters. The van der Waals surface area contributed by atoms with Crippen LogP contribution in [0.15, 0.2) is 29.5 Å². The predicted molar refractivity (Wildman–Crippen MR) is 59.2 cm³/mol. The summed E-state index contributed by atoms with van der Waals surface area (Å²) >= 11 is 0. The van der Waals surface area contributed by atoms with Crippen LogP contribution in [-0.2, 0) is 0 Å². The third-order valence-corrected chi connectivity index (χ3v) is 2.87. The minimum Gasteiger partial charge on any atom is -0.370 e. The molecule has 2 aromatic rings. The average molecular weight is 201 g/mol. The lowest BCUT2D eigenvalue weighted by Gasteiger charge is -2.33. The summed E-state index contributed by atoms with van der Waals surface area (Å²) < 4.78 is 0. The standard InChI is InChI=1S/C11H11N3O/c15-11-9-6-12-7-10(14-4-1-5-14)8(9)2-3-13-11/h2-3,6-7H,1,4-5H2,(H,13,15). The van der Waals surface area contributed by atoms with E-state index < -0.39 is 0 Å². The summed E-state index contributed by atoms with van der Waals surface area (Å²) in [6, 6.07) is 1.94. The lowest BCUT2D eigenvalue weighted by atomic mass is 10.1. The maximum Gasteiger partial charge on any atom is 0.257 e. The Morgan fingerprint density at radius 1 is 1.27 bits per heavy atom. The van der Waals surface area contributed by atoms with Crippen molar-refractivity contribution in [2.24, 2.45) is 0 Å². The Morgan fingerprint density at radius 3 is 2.87 bits per heavy atom. The average Bonchev–Trinajstić information content (AvgIpc) is 2.17. The number of fused-ring (bicyclic) bond motifs is 1. The molecule has 2 aromatic heterocycles. The smallest absolute Gasteiger partial charge is 0.257 e. The normalized spacial score (nSPS) is 15.3. The summed E-state index contributed by atoms with van der Waals surface area (Å²) in [5.41, 5.74) is 1.01. The van der Waals surface area contributed by atoms with E-state index >= 15 is 0 Å². The lowest BCUT2D eigenvalue weighted by molar-refractivity contribution is 0.619. The molecule has 76 valence electrons. The van der Waals surface area contributed by atoms with Gasteiger partial charge in [-0.1, -0.05) is 0 Å². The largest absolute Gasteiger partial charge is 0.370 e. The van der Waals surface area contributed by atoms with Crippen molar-refractivity contribution in [3.8, 4) is 0 Å². The van der Waals surface area contributed by atoms with Crippen molar-refractivity contribution in [2.45, 2.75) is 6.42 Å². The van der Waals surface area contributed by atoms with Crippen LogP contribution >= 0.6 is 0 Å². The number of aromatic amines is 1. The van der Waals surface area contributed by atoms with Gasteiger partial charge in [0.05, 0.1) is 17.3 Å². The van der Waals surface area contributed by atoms with Crippen molar-refractivity contribution in [1.82, 2.24) is 9.97 Å². The summed E-state index contributed by atoms with van der Waals surface area (Å²) in [5.74, 6) is 0. The van der Waals surface area contributed by atoms with E-state index in [-0.39, 0.29) is 5.56 Å². The minimum atomic E-state index is -0.0672. The highest BCUT2D eigenvalue weighted by Gasteiger charge is 2.17. The van der Waals surface area contributed by atoms with Gasteiger partial charge in [-0.25, -0.2) is 0 Å². The molecule has 0 amide bonds. The van der Waals surface area contributed by atoms with Crippen molar-refractivity contribution < 1.29 is 0 Å². The fraction of sp³-hybridized carbons (Fsp3) is 0.273. The van der Waals surface area contributed by atoms with Crippen LogP contribution in [0.5, 0.6) is 0 Å². The summed E-state index contributed by atoms with van der Waals surface area (Å²) in [6.07, 6.45) is 6.37. The number of pyridine rings is 2. The second kappa shape index (κ2) is 3.08. The first-order valence-electron chi connectivity index (χ1n) is 5.06. The molecule has 0 unspecified atom stereocenters. The first kappa shape index (κ1) is 8.47. The molecule has 3 rings (SSSR count). The number of hydrogen-bond donors (Lipinski definition) is 1. The van der Waals surface area contributed by atoms with E-state index in [0.717, 1.165) is 24.2 Å². The second-order valence-electron chi connectivity index (χ2n) is 3.77. The number of nitrogens with zero attached hydrogens (tertiary/aromatic N) is 2. The van der Waals surface area contributed by atoms with Gasteiger partial charge in [0.1, 0.15) is 0 Å². The number of anilines is 1. The highest BCUT2D eigenvalue weighted by Crippen LogP contribution is 2.26. The van der Waals surface area contributed by atoms with Crippen LogP contribution in [0.4, 0.5) is 5.69 Å². The van der Waals surface area contributed by atoms with Crippen molar-refractivity contribution in [3.63, 3.8) is 0 Å². The zero-order valence-electron chi connectivity index (χ0n) is 8.23. The molecule has 1 aliphatic rings. The van der Waals surface area contributed by atoms with Gasteiger partial charge in [0.15, 0.2) is 0 Å². The summed E-state index contributed by atoms with van der Waals surface area (Å²) in [4.78, 5) is 20.6. The molecule has 0 saturated carbocycles. The summed E-state index contributed by atoms with van der Waals surface area (Å²) in [6.45, 7) is 2.13. The van der Waals surface area contributed by atoms with Crippen LogP contribution < -0.4 is 10.5 Å². The van der Waals surface area contributed by atoms with Crippen molar-refractivity contribution in [3.05, 3.63) is 35.0 Å². The molecular formula is C11H11N3O. The molecule has 0 aliphatic carbocycles. The Bertz CT molecular complexity index is 557. The van der Waals surface area contributed by atoms with Gasteiger partial charge in [-0.05, 0) is 12.5 Å². The number of H-pyrrole nitrogens is 1. The molecule has 3 heterocycles. The quantitative estimate of drug-likeness (QED) is 0.752. The van der Waals surface area contributed by atoms with Crippen LogP contribution in [0.2, 0.25) is 0 Å². The molecule has 1 fully saturated rings. The minimum absolute atomic E-state index is 0.0672. The van der Waals surface area contributed by atoms with Gasteiger partial charge < -0.3 is 9.88 Å². The molecule has 1 aliphatic heterocycles. The fourth-order valence-corrected chi connectivity index (χ4v) is 1.90. The van der Waals surface area contributed by atoms with Gasteiger partial charge in [0.2, 0.25) is 0 Å². The van der Waals surface area contributed by atoms with E-state index in [0.29, 0.717) is 5.39 Å². The van der Waals surface area contributed by atoms with E-state index in [9.17, 15) is 4.79 Å². The van der Waals surface area contributed by atoms with Crippen LogP contribution in [0.3, 0.4) is 0 Å². The maximum atomic E-state index is 11.5. The third-order valence-electron chi connectivity index (χ3n) is 2.87. The molecule has 0 radical (unpaired) electrons. The molecule has 0 aromatic carbocycles. The van der Waals surface area contributed by atoms with E-state index in [4.69, 9.17) is 0 Å². The van der Waals surface area contributed by atoms with Crippen molar-refractivity contribution in [1.29, 1.82) is 0 Å². The van der Waals surface area contributed by atoms with E-state index in [1.54, 1.807) is 12.4 Å². The van der Waals surface area contributed by atoms with Gasteiger partial charge in [-0.15, -0.1) is 0 Å². The van der Waals surface area contributed by atoms with Crippen LogP contribution in [0.25, 0.3) is 10.8 Å². The van der Waals surface area contributed by atoms with E-state index in [2.05, 4.69) is 14.9 Å². The first-order chi connectivity index (χ1) is 7.36. The number of hydrogen-bond acceptors (Lipinski definition) is 3. The molecular weight excluding hydrogens is 190 g/mol. The van der Waals surface area contributed by atoms with Crippen LogP contribution in [0, 0.1) is 0 Å². The molecule has 4 heteroatoms. The van der Waals surface area contributed by atoms with Crippen LogP contribution in [-0.4, -0.2) is 23.1 Å². The molecule has 4 nitrogen and oxygen atoms in total. The molecule has 1 saturated heterocycles. The highest BCUT2D eigenvalue weighted by atomic mass is 16.1. The highest BCUT2D eigenvalue weighted by molar-refractivity contribution is 5.92. The zero-order chi connectivity index (χ0) is 10.3. The zero-order valence-corrected chi connectivity index (χ0v) is 8.23. The Balaban J connectivity index is 2.30. The van der Waals surface area contributed by atoms with E-state index in [1.807, 2.05) is 12.3 Å². The summed E-state index contributed by atoms with van der Waals surface area (Å²) in [7, 11) is 0. The first-order valence-corrected chi connectivity index (χ1v) is 5.06. The van der Waals surface area contributed by atoms with E-state index in [1.165, 1.54) is 6.42 Å². The summed E-state index contributed by atoms with van der Waals surface area (Å²) in [5, 5.41) is 1.66. The third kappa shape index (κ3) is 1.21. The second-order valence-corrected chi connectivity index (χ2v) is 3.77. The number of aromatic nitrogens is 2. The van der Waals surface area contributed by atoms with Crippen LogP contribution in [0.1, 0.15) is 6.42 Å². The Hall–Kier alpha value is -1.84. The predicted octanol–water partition coefficient (Wildman–Crippen LogP) is 1.13. The Kier molecular flexibility index (Phi) is 1.74. The molecule has 0 spiro atoms. The number of nitrogens with one attached hydrogen (secondary N) is 1. The van der Waals surface area contributed by atoms with Gasteiger partial charge in [-0.3, -0.25) is 9.78 Å². The van der Waals surface area contributed by atoms with Gasteiger partial charge >= 0.3 is 0 Å². The topological polar surface area (TPSA) is 49.0 Å². The Morgan fingerprint density at radius 2 is 2.13 bits per heavy atom. The van der Waals surface area contributed by atoms with Gasteiger partial charge in [0, 0.05) is 30.9 Å². The van der Waals surface area contributed by atoms with Crippen molar-refractivity contribution >= 4 is 16.5 Å². The maximum absolute atomic E-state index is 11.5. The lowest BCUT2D eigenvalue weighted by Crippen LogP contribution is -2.37. The van der Waals surface area contributed by atoms with Gasteiger partial charge in [0.25, 0.3) is 5.56 Å². The molecule has 15 heavy (non-hydrogen) atoms. The molecule has 1 N–H and O–H groups in total. The monoisotopic (exact) mass is 201 g/mol. The Labute approximate surface area is 86.6 Å². The number of rotatable bonds is 1. The van der Waals surface area contributed by atoms with Crippen molar-refractivity contribution in [2.75, 3.05) is 18.0 Å². The molecule has 0 bridgehead atoms. The fourth-order valence-electron chi connectivity index (χ4n) is 1.90. The van der Waals surface area contributed by atoms with Gasteiger partial charge in [-0.2, -0.15) is 0 Å². The SMILES string of the molecule is O=c1[nH]ccc2c(N3CCC3)cncc12.